The summed E-state index contributed by atoms with van der Waals surface area (Å²) in [6.45, 7) is 4.34. The van der Waals surface area contributed by atoms with Crippen LogP contribution in [0, 0.1) is 35.5 Å². The van der Waals surface area contributed by atoms with Crippen LogP contribution in [-0.2, 0) is 0 Å². The van der Waals surface area contributed by atoms with Crippen molar-refractivity contribution >= 4 is 0 Å². The molecule has 0 aliphatic heterocycles. The van der Waals surface area contributed by atoms with E-state index < -0.39 is 12.3 Å². The summed E-state index contributed by atoms with van der Waals surface area (Å²) in [5.41, 5.74) is 0. The van der Waals surface area contributed by atoms with Crippen LogP contribution in [0.1, 0.15) is 104 Å². The minimum absolute atomic E-state index is 0.143. The van der Waals surface area contributed by atoms with Gasteiger partial charge in [-0.2, -0.15) is 0 Å². The van der Waals surface area contributed by atoms with Crippen LogP contribution in [0.5, 0.6) is 0 Å². The van der Waals surface area contributed by atoms with E-state index in [-0.39, 0.29) is 5.92 Å². The number of hydrogen-bond donors (Lipinski definition) is 1. The third kappa shape index (κ3) is 5.24. The van der Waals surface area contributed by atoms with Crippen LogP contribution >= 0.6 is 0 Å². The predicted octanol–water partition coefficient (Wildman–Crippen LogP) is 6.92. The minimum atomic E-state index is -0.982. The Morgan fingerprint density at radius 1 is 0.769 bits per heavy atom. The van der Waals surface area contributed by atoms with Crippen molar-refractivity contribution in [3.8, 4) is 0 Å². The van der Waals surface area contributed by atoms with Gasteiger partial charge in [0, 0.05) is 0 Å². The molecule has 0 saturated heterocycles. The number of aliphatic hydroxyl groups excluding tert-OH is 1. The maximum atomic E-state index is 14.1. The predicted molar refractivity (Wildman–Crippen MR) is 108 cm³/mol. The van der Waals surface area contributed by atoms with Crippen LogP contribution in [0.2, 0.25) is 0 Å². The van der Waals surface area contributed by atoms with Gasteiger partial charge in [-0.25, -0.2) is 4.39 Å². The number of rotatable bonds is 6. The topological polar surface area (TPSA) is 20.2 Å². The first-order valence-electron chi connectivity index (χ1n) is 11.9. The molecular formula is C24H43FO. The van der Waals surface area contributed by atoms with Crippen LogP contribution in [0.3, 0.4) is 0 Å². The van der Waals surface area contributed by atoms with Crippen molar-refractivity contribution in [1.29, 1.82) is 0 Å². The Morgan fingerprint density at radius 3 is 1.85 bits per heavy atom. The van der Waals surface area contributed by atoms with E-state index in [1.165, 1.54) is 77.0 Å². The molecule has 0 heterocycles. The van der Waals surface area contributed by atoms with Crippen molar-refractivity contribution < 1.29 is 9.50 Å². The van der Waals surface area contributed by atoms with Gasteiger partial charge in [0.15, 0.2) is 0 Å². The molecule has 0 aromatic heterocycles. The van der Waals surface area contributed by atoms with Gasteiger partial charge < -0.3 is 5.11 Å². The highest BCUT2D eigenvalue weighted by atomic mass is 19.1. The lowest BCUT2D eigenvalue weighted by atomic mass is 9.64. The molecule has 3 fully saturated rings. The minimum Gasteiger partial charge on any atom is -0.390 e. The first-order chi connectivity index (χ1) is 12.6. The first kappa shape index (κ1) is 20.6. The van der Waals surface area contributed by atoms with Crippen molar-refractivity contribution in [3.05, 3.63) is 0 Å². The molecule has 0 aromatic carbocycles. The SMILES string of the molecule is CCCCCC1CCC(C2CCC(C3CC(C)C(O)C(F)C3)CC2)CC1. The lowest BCUT2D eigenvalue weighted by Crippen LogP contribution is -2.40. The van der Waals surface area contributed by atoms with Crippen LogP contribution in [0.25, 0.3) is 0 Å². The first-order valence-corrected chi connectivity index (χ1v) is 11.9. The highest BCUT2D eigenvalue weighted by molar-refractivity contribution is 4.90. The average molecular weight is 367 g/mol. The highest BCUT2D eigenvalue weighted by Gasteiger charge is 2.39. The molecule has 4 atom stereocenters. The van der Waals surface area contributed by atoms with Crippen LogP contribution in [0.4, 0.5) is 4.39 Å². The summed E-state index contributed by atoms with van der Waals surface area (Å²) in [7, 11) is 0. The molecule has 3 aliphatic rings. The standard InChI is InChI=1S/C24H43FO/c1-3-4-5-6-18-7-9-19(10-8-18)20-11-13-21(14-12-20)22-15-17(2)24(26)23(25)16-22/h17-24,26H,3-16H2,1-2H3. The summed E-state index contributed by atoms with van der Waals surface area (Å²) in [6.07, 6.45) is 17.0. The van der Waals surface area contributed by atoms with Gasteiger partial charge in [0.2, 0.25) is 0 Å². The van der Waals surface area contributed by atoms with Gasteiger partial charge in [-0.15, -0.1) is 0 Å². The molecule has 2 heteroatoms. The zero-order valence-corrected chi connectivity index (χ0v) is 17.3. The van der Waals surface area contributed by atoms with Crippen LogP contribution < -0.4 is 0 Å². The fraction of sp³-hybridized carbons (Fsp3) is 1.00. The van der Waals surface area contributed by atoms with Crippen LogP contribution in [-0.4, -0.2) is 17.4 Å². The van der Waals surface area contributed by atoms with Gasteiger partial charge in [-0.1, -0.05) is 52.4 Å². The van der Waals surface area contributed by atoms with Crippen molar-refractivity contribution in [3.63, 3.8) is 0 Å². The van der Waals surface area contributed by atoms with Gasteiger partial charge in [-0.3, -0.25) is 0 Å². The third-order valence-corrected chi connectivity index (χ3v) is 8.41. The fourth-order valence-corrected chi connectivity index (χ4v) is 6.60. The largest absolute Gasteiger partial charge is 0.390 e. The van der Waals surface area contributed by atoms with Gasteiger partial charge in [-0.05, 0) is 86.9 Å². The molecule has 1 nitrogen and oxygen atoms in total. The van der Waals surface area contributed by atoms with Gasteiger partial charge >= 0.3 is 0 Å². The second-order valence-corrected chi connectivity index (χ2v) is 10.2. The van der Waals surface area contributed by atoms with Crippen LogP contribution in [0.15, 0.2) is 0 Å². The number of halogens is 1. The lowest BCUT2D eigenvalue weighted by molar-refractivity contribution is -0.0322. The number of unbranched alkanes of at least 4 members (excludes halogenated alkanes) is 2. The third-order valence-electron chi connectivity index (χ3n) is 8.41. The Balaban J connectivity index is 1.38. The van der Waals surface area contributed by atoms with Crippen molar-refractivity contribution in [2.75, 3.05) is 0 Å². The Labute approximate surface area is 161 Å². The van der Waals surface area contributed by atoms with E-state index >= 15 is 0 Å². The Kier molecular flexibility index (Phi) is 7.85. The summed E-state index contributed by atoms with van der Waals surface area (Å²) in [6, 6.07) is 0. The molecule has 3 aliphatic carbocycles. The lowest BCUT2D eigenvalue weighted by Gasteiger charge is -2.43. The van der Waals surface area contributed by atoms with Gasteiger partial charge in [0.25, 0.3) is 0 Å². The zero-order chi connectivity index (χ0) is 18.5. The van der Waals surface area contributed by atoms with Crippen molar-refractivity contribution in [2.45, 2.75) is 116 Å². The molecule has 3 saturated carbocycles. The highest BCUT2D eigenvalue weighted by Crippen LogP contribution is 2.46. The fourth-order valence-electron chi connectivity index (χ4n) is 6.60. The maximum Gasteiger partial charge on any atom is 0.126 e. The van der Waals surface area contributed by atoms with E-state index in [2.05, 4.69) is 6.92 Å². The summed E-state index contributed by atoms with van der Waals surface area (Å²) >= 11 is 0. The summed E-state index contributed by atoms with van der Waals surface area (Å²) in [5.74, 6) is 4.36. The molecule has 0 spiro atoms. The molecular weight excluding hydrogens is 323 g/mol. The van der Waals surface area contributed by atoms with E-state index in [0.29, 0.717) is 12.3 Å². The van der Waals surface area contributed by atoms with Gasteiger partial charge in [0.1, 0.15) is 6.17 Å². The molecule has 1 N–H and O–H groups in total. The number of alkyl halides is 1. The second kappa shape index (κ2) is 9.89. The molecule has 0 amide bonds. The normalized spacial score (nSPS) is 44.8. The molecule has 0 bridgehead atoms. The Morgan fingerprint density at radius 2 is 1.31 bits per heavy atom. The molecule has 3 rings (SSSR count). The van der Waals surface area contributed by atoms with E-state index in [9.17, 15) is 9.50 Å². The maximum absolute atomic E-state index is 14.1. The van der Waals surface area contributed by atoms with E-state index in [1.807, 2.05) is 6.92 Å². The Hall–Kier alpha value is -0.110. The summed E-state index contributed by atoms with van der Waals surface area (Å²) < 4.78 is 14.1. The quantitative estimate of drug-likeness (QED) is 0.506. The smallest absolute Gasteiger partial charge is 0.126 e. The second-order valence-electron chi connectivity index (χ2n) is 10.2. The van der Waals surface area contributed by atoms with E-state index in [1.54, 1.807) is 0 Å². The summed E-state index contributed by atoms with van der Waals surface area (Å²) in [4.78, 5) is 0. The monoisotopic (exact) mass is 366 g/mol. The number of aliphatic hydroxyl groups is 1. The summed E-state index contributed by atoms with van der Waals surface area (Å²) in [5, 5.41) is 9.89. The molecule has 26 heavy (non-hydrogen) atoms. The zero-order valence-electron chi connectivity index (χ0n) is 17.3. The average Bonchev–Trinajstić information content (AvgIpc) is 2.67. The molecule has 0 aromatic rings. The molecule has 0 radical (unpaired) electrons. The van der Waals surface area contributed by atoms with Crippen molar-refractivity contribution in [1.82, 2.24) is 0 Å². The number of hydrogen-bond acceptors (Lipinski definition) is 1. The Bertz CT molecular complexity index is 383. The van der Waals surface area contributed by atoms with E-state index in [4.69, 9.17) is 0 Å². The van der Waals surface area contributed by atoms with Crippen molar-refractivity contribution in [2.24, 2.45) is 35.5 Å². The molecule has 4 unspecified atom stereocenters. The van der Waals surface area contributed by atoms with Gasteiger partial charge in [0.05, 0.1) is 6.10 Å². The van der Waals surface area contributed by atoms with E-state index in [0.717, 1.165) is 30.1 Å². The molecule has 152 valence electrons.